The minimum Gasteiger partial charge on any atom is -0.0610 e. The molecule has 2 aromatic rings. The molecule has 0 spiro atoms. The number of fused-ring (bicyclic) bond motifs is 6. The van der Waals surface area contributed by atoms with Crippen LogP contribution in [0.5, 0.6) is 0 Å². The predicted molar refractivity (Wildman–Crippen MR) is 71.6 cm³/mol. The summed E-state index contributed by atoms with van der Waals surface area (Å²) < 4.78 is 0. The average Bonchev–Trinajstić information content (AvgIpc) is 3.03. The Hall–Kier alpha value is -1.56. The fourth-order valence-electron chi connectivity index (χ4n) is 4.47. The van der Waals surface area contributed by atoms with E-state index in [4.69, 9.17) is 0 Å². The molecule has 0 amide bonds. The molecule has 2 bridgehead atoms. The molecule has 5 rings (SSSR count). The van der Waals surface area contributed by atoms with Crippen molar-refractivity contribution in [3.63, 3.8) is 0 Å². The molecule has 17 heavy (non-hydrogen) atoms. The minimum absolute atomic E-state index is 0.869. The summed E-state index contributed by atoms with van der Waals surface area (Å²) in [7, 11) is 0. The van der Waals surface area contributed by atoms with Crippen LogP contribution >= 0.6 is 0 Å². The molecule has 0 N–H and O–H groups in total. The van der Waals surface area contributed by atoms with Gasteiger partial charge in [-0.1, -0.05) is 36.4 Å². The van der Waals surface area contributed by atoms with Crippen molar-refractivity contribution in [3.05, 3.63) is 47.5 Å². The highest BCUT2D eigenvalue weighted by molar-refractivity contribution is 6.15. The lowest BCUT2D eigenvalue weighted by molar-refractivity contribution is 0.705. The smallest absolute Gasteiger partial charge is 0.00329 e. The first kappa shape index (κ1) is 8.52. The van der Waals surface area contributed by atoms with Crippen molar-refractivity contribution in [3.8, 4) is 0 Å². The summed E-state index contributed by atoms with van der Waals surface area (Å²) in [6.07, 6.45) is 4.27. The van der Waals surface area contributed by atoms with E-state index in [0.29, 0.717) is 0 Å². The molecule has 0 aliphatic heterocycles. The van der Waals surface area contributed by atoms with Crippen LogP contribution in [0.3, 0.4) is 0 Å². The minimum atomic E-state index is 0.869. The van der Waals surface area contributed by atoms with E-state index in [0.717, 1.165) is 11.8 Å². The molecule has 0 aromatic heterocycles. The summed E-state index contributed by atoms with van der Waals surface area (Å²) in [6, 6.07) is 13.6. The molecule has 3 aliphatic rings. The maximum atomic E-state index is 2.34. The Morgan fingerprint density at radius 3 is 1.94 bits per heavy atom. The molecule has 1 saturated carbocycles. The Morgan fingerprint density at radius 1 is 0.765 bits per heavy atom. The van der Waals surface area contributed by atoms with Gasteiger partial charge < -0.3 is 0 Å². The predicted octanol–water partition coefficient (Wildman–Crippen LogP) is 4.49. The van der Waals surface area contributed by atoms with Crippen LogP contribution in [0.25, 0.3) is 21.9 Å². The molecule has 0 radical (unpaired) electrons. The second kappa shape index (κ2) is 2.64. The molecular formula is C17H14. The van der Waals surface area contributed by atoms with Crippen molar-refractivity contribution in [2.75, 3.05) is 0 Å². The maximum Gasteiger partial charge on any atom is -0.00329 e. The first-order valence-corrected chi connectivity index (χ1v) is 6.70. The van der Waals surface area contributed by atoms with E-state index in [1.807, 2.05) is 0 Å². The Morgan fingerprint density at radius 2 is 1.35 bits per heavy atom. The topological polar surface area (TPSA) is 0 Å². The molecule has 0 heterocycles. The Kier molecular flexibility index (Phi) is 1.32. The Bertz CT molecular complexity index is 636. The van der Waals surface area contributed by atoms with E-state index in [1.165, 1.54) is 30.0 Å². The van der Waals surface area contributed by atoms with E-state index in [9.17, 15) is 0 Å². The van der Waals surface area contributed by atoms with Gasteiger partial charge in [-0.2, -0.15) is 0 Å². The molecule has 82 valence electrons. The monoisotopic (exact) mass is 218 g/mol. The van der Waals surface area contributed by atoms with Crippen molar-refractivity contribution in [2.45, 2.75) is 19.3 Å². The zero-order valence-corrected chi connectivity index (χ0v) is 9.74. The molecule has 2 unspecified atom stereocenters. The Labute approximate surface area is 101 Å². The van der Waals surface area contributed by atoms with Crippen molar-refractivity contribution < 1.29 is 0 Å². The lowest BCUT2D eigenvalue weighted by Gasteiger charge is -2.14. The van der Waals surface area contributed by atoms with Crippen molar-refractivity contribution in [2.24, 2.45) is 11.8 Å². The zero-order chi connectivity index (χ0) is 11.0. The number of hydrogen-bond acceptors (Lipinski definition) is 0. The summed E-state index contributed by atoms with van der Waals surface area (Å²) in [4.78, 5) is 0. The van der Waals surface area contributed by atoms with Gasteiger partial charge in [-0.3, -0.25) is 0 Å². The first-order chi connectivity index (χ1) is 8.43. The second-order valence-electron chi connectivity index (χ2n) is 5.74. The lowest BCUT2D eigenvalue weighted by Crippen LogP contribution is -1.96. The van der Waals surface area contributed by atoms with E-state index in [2.05, 4.69) is 36.4 Å². The van der Waals surface area contributed by atoms with Gasteiger partial charge in [-0.05, 0) is 64.1 Å². The van der Waals surface area contributed by atoms with Crippen LogP contribution in [0.15, 0.2) is 36.4 Å². The van der Waals surface area contributed by atoms with Crippen LogP contribution in [0, 0.1) is 11.8 Å². The maximum absolute atomic E-state index is 2.34. The molecule has 1 fully saturated rings. The van der Waals surface area contributed by atoms with Gasteiger partial charge in [0.1, 0.15) is 0 Å². The molecule has 2 aromatic carbocycles. The van der Waals surface area contributed by atoms with E-state index in [1.54, 1.807) is 22.3 Å². The van der Waals surface area contributed by atoms with Crippen LogP contribution in [0.2, 0.25) is 0 Å². The normalized spacial score (nSPS) is 28.2. The number of rotatable bonds is 0. The summed E-state index contributed by atoms with van der Waals surface area (Å²) in [5.41, 5.74) is 6.54. The van der Waals surface area contributed by atoms with Crippen molar-refractivity contribution in [1.82, 2.24) is 0 Å². The van der Waals surface area contributed by atoms with Crippen LogP contribution in [0.1, 0.15) is 30.4 Å². The van der Waals surface area contributed by atoms with Gasteiger partial charge in [-0.25, -0.2) is 0 Å². The Balaban J connectivity index is 1.97. The molecule has 2 atom stereocenters. The molecule has 3 aliphatic carbocycles. The van der Waals surface area contributed by atoms with Crippen LogP contribution in [0.4, 0.5) is 0 Å². The summed E-state index contributed by atoms with van der Waals surface area (Å²) in [5.74, 6) is 1.74. The van der Waals surface area contributed by atoms with Gasteiger partial charge in [0, 0.05) is 0 Å². The fraction of sp³-hybridized carbons (Fsp3) is 0.294. The molecular weight excluding hydrogens is 204 g/mol. The largest absolute Gasteiger partial charge is 0.0610 e. The van der Waals surface area contributed by atoms with Gasteiger partial charge in [0.2, 0.25) is 0 Å². The number of hydrogen-bond donors (Lipinski definition) is 0. The highest BCUT2D eigenvalue weighted by Gasteiger charge is 2.43. The average molecular weight is 218 g/mol. The van der Waals surface area contributed by atoms with Crippen LogP contribution < -0.4 is 0 Å². The zero-order valence-electron chi connectivity index (χ0n) is 9.74. The van der Waals surface area contributed by atoms with Gasteiger partial charge in [-0.15, -0.1) is 0 Å². The summed E-state index contributed by atoms with van der Waals surface area (Å²) in [6.45, 7) is 0. The van der Waals surface area contributed by atoms with Crippen molar-refractivity contribution in [1.29, 1.82) is 0 Å². The highest BCUT2D eigenvalue weighted by Crippen LogP contribution is 2.61. The third-order valence-electron chi connectivity index (χ3n) is 5.02. The van der Waals surface area contributed by atoms with Crippen LogP contribution in [-0.2, 0) is 0 Å². The number of benzene rings is 2. The molecule has 0 heteroatoms. The molecule has 0 nitrogen and oxygen atoms in total. The van der Waals surface area contributed by atoms with Gasteiger partial charge in [0.15, 0.2) is 0 Å². The van der Waals surface area contributed by atoms with E-state index in [-0.39, 0.29) is 0 Å². The van der Waals surface area contributed by atoms with Crippen LogP contribution in [-0.4, -0.2) is 0 Å². The second-order valence-corrected chi connectivity index (χ2v) is 5.74. The van der Waals surface area contributed by atoms with Crippen molar-refractivity contribution >= 4 is 21.9 Å². The van der Waals surface area contributed by atoms with Gasteiger partial charge in [0.25, 0.3) is 0 Å². The molecule has 0 saturated heterocycles. The van der Waals surface area contributed by atoms with Gasteiger partial charge in [0.05, 0.1) is 0 Å². The SMILES string of the molecule is c1cc2c3c(cccc3c1)C1=C2C2CCC1C2. The fourth-order valence-corrected chi connectivity index (χ4v) is 4.47. The quantitative estimate of drug-likeness (QED) is 0.611. The lowest BCUT2D eigenvalue weighted by atomic mass is 9.90. The van der Waals surface area contributed by atoms with E-state index < -0.39 is 0 Å². The first-order valence-electron chi connectivity index (χ1n) is 6.70. The van der Waals surface area contributed by atoms with E-state index >= 15 is 0 Å². The summed E-state index contributed by atoms with van der Waals surface area (Å²) >= 11 is 0. The third-order valence-corrected chi connectivity index (χ3v) is 5.02. The standard InChI is InChI=1S/C17H14/c1-3-10-4-2-6-14-15(10)13(5-1)16-11-7-8-12(9-11)17(14)16/h1-6,11-12H,7-9H2. The highest BCUT2D eigenvalue weighted by atomic mass is 14.5. The third kappa shape index (κ3) is 0.845. The summed E-state index contributed by atoms with van der Waals surface area (Å²) in [5, 5.41) is 2.96. The van der Waals surface area contributed by atoms with Gasteiger partial charge >= 0.3 is 0 Å². The number of allylic oxidation sites excluding steroid dienone is 2.